The Morgan fingerprint density at radius 2 is 2.03 bits per heavy atom. The fourth-order valence-corrected chi connectivity index (χ4v) is 3.27. The Kier molecular flexibility index (Phi) is 5.38. The quantitative estimate of drug-likeness (QED) is 0.492. The number of aromatic amines is 1. The zero-order valence-corrected chi connectivity index (χ0v) is 17.8. The van der Waals surface area contributed by atoms with E-state index in [9.17, 15) is 9.59 Å². The van der Waals surface area contributed by atoms with Gasteiger partial charge in [-0.05, 0) is 44.9 Å². The summed E-state index contributed by atoms with van der Waals surface area (Å²) in [5, 5.41) is 11.9. The molecular formula is C21H23N7O3. The molecule has 0 saturated carbocycles. The Morgan fingerprint density at radius 1 is 1.23 bits per heavy atom. The Labute approximate surface area is 177 Å². The van der Waals surface area contributed by atoms with Crippen LogP contribution in [-0.2, 0) is 9.53 Å². The fourth-order valence-electron chi connectivity index (χ4n) is 3.27. The van der Waals surface area contributed by atoms with Gasteiger partial charge in [0.2, 0.25) is 5.95 Å². The molecule has 31 heavy (non-hydrogen) atoms. The molecule has 0 aliphatic rings. The summed E-state index contributed by atoms with van der Waals surface area (Å²) in [6.07, 6.45) is 1.49. The number of aromatic nitrogens is 6. The van der Waals surface area contributed by atoms with Crippen LogP contribution in [0.1, 0.15) is 23.7 Å². The molecule has 0 bridgehead atoms. The number of anilines is 1. The summed E-state index contributed by atoms with van der Waals surface area (Å²) in [5.74, 6) is 0.221. The van der Waals surface area contributed by atoms with Crippen LogP contribution in [0.3, 0.4) is 0 Å². The minimum Gasteiger partial charge on any atom is -0.372 e. The van der Waals surface area contributed by atoms with E-state index in [0.29, 0.717) is 29.2 Å². The summed E-state index contributed by atoms with van der Waals surface area (Å²) < 4.78 is 8.17. The lowest BCUT2D eigenvalue weighted by molar-refractivity contribution is -0.120. The van der Waals surface area contributed by atoms with Gasteiger partial charge in [0, 0.05) is 12.7 Å². The van der Waals surface area contributed by atoms with Crippen molar-refractivity contribution < 1.29 is 9.53 Å². The number of carbonyl (C=O) groups excluding carboxylic acids is 1. The van der Waals surface area contributed by atoms with Gasteiger partial charge in [-0.2, -0.15) is 19.9 Å². The molecule has 0 spiro atoms. The number of fused-ring (bicyclic) bond motifs is 1. The summed E-state index contributed by atoms with van der Waals surface area (Å²) in [6, 6.07) is 7.56. The van der Waals surface area contributed by atoms with Crippen molar-refractivity contribution >= 4 is 22.8 Å². The van der Waals surface area contributed by atoms with Gasteiger partial charge in [-0.1, -0.05) is 12.1 Å². The number of rotatable bonds is 6. The van der Waals surface area contributed by atoms with E-state index < -0.39 is 0 Å². The molecule has 0 aliphatic heterocycles. The topological polar surface area (TPSA) is 120 Å². The van der Waals surface area contributed by atoms with E-state index in [2.05, 4.69) is 25.5 Å². The molecular weight excluding hydrogens is 398 g/mol. The normalized spacial score (nSPS) is 11.2. The van der Waals surface area contributed by atoms with Crippen molar-refractivity contribution in [2.45, 2.75) is 27.7 Å². The van der Waals surface area contributed by atoms with Crippen molar-refractivity contribution in [1.29, 1.82) is 0 Å². The van der Waals surface area contributed by atoms with Crippen LogP contribution in [0.25, 0.3) is 22.7 Å². The van der Waals surface area contributed by atoms with E-state index in [1.807, 2.05) is 39.0 Å². The van der Waals surface area contributed by atoms with Gasteiger partial charge in [-0.3, -0.25) is 14.6 Å². The van der Waals surface area contributed by atoms with E-state index in [-0.39, 0.29) is 24.0 Å². The van der Waals surface area contributed by atoms with Crippen molar-refractivity contribution in [3.05, 3.63) is 57.6 Å². The first-order valence-corrected chi connectivity index (χ1v) is 9.88. The second kappa shape index (κ2) is 8.15. The molecule has 2 N–H and O–H groups in total. The maximum absolute atomic E-state index is 12.8. The monoisotopic (exact) mass is 421 g/mol. The first-order valence-electron chi connectivity index (χ1n) is 9.88. The summed E-state index contributed by atoms with van der Waals surface area (Å²) >= 11 is 0. The zero-order valence-electron chi connectivity index (χ0n) is 17.8. The number of hydrogen-bond donors (Lipinski definition) is 2. The SMILES string of the molecule is CCOCC(=O)Nc1cc(C)nn1-c1nc2c(cnn2-c2cccc(C)c2C)c(=O)[nH]1. The molecule has 160 valence electrons. The highest BCUT2D eigenvalue weighted by Crippen LogP contribution is 2.21. The van der Waals surface area contributed by atoms with E-state index in [1.54, 1.807) is 17.7 Å². The first kappa shape index (κ1) is 20.5. The van der Waals surface area contributed by atoms with Crippen molar-refractivity contribution in [2.75, 3.05) is 18.5 Å². The van der Waals surface area contributed by atoms with Gasteiger partial charge < -0.3 is 10.1 Å². The lowest BCUT2D eigenvalue weighted by Crippen LogP contribution is -2.22. The van der Waals surface area contributed by atoms with Crippen LogP contribution in [0.4, 0.5) is 5.82 Å². The van der Waals surface area contributed by atoms with E-state index >= 15 is 0 Å². The standard InChI is InChI=1S/C21H23N7O3/c1-5-31-11-18(29)23-17-9-13(3)26-28(17)21-24-19-15(20(30)25-21)10-22-27(19)16-8-6-7-12(2)14(16)4/h6-10H,5,11H2,1-4H3,(H,23,29)(H,24,25,30). The molecule has 0 saturated heterocycles. The van der Waals surface area contributed by atoms with Crippen molar-refractivity contribution in [3.8, 4) is 11.6 Å². The maximum Gasteiger partial charge on any atom is 0.263 e. The van der Waals surface area contributed by atoms with Gasteiger partial charge in [0.15, 0.2) is 5.65 Å². The van der Waals surface area contributed by atoms with E-state index in [0.717, 1.165) is 16.8 Å². The largest absolute Gasteiger partial charge is 0.372 e. The number of nitrogens with one attached hydrogen (secondary N) is 2. The van der Waals surface area contributed by atoms with Gasteiger partial charge in [0.1, 0.15) is 17.8 Å². The van der Waals surface area contributed by atoms with Crippen LogP contribution in [-0.4, -0.2) is 48.6 Å². The van der Waals surface area contributed by atoms with E-state index in [4.69, 9.17) is 4.74 Å². The maximum atomic E-state index is 12.8. The molecule has 10 heteroatoms. The number of nitrogens with zero attached hydrogens (tertiary/aromatic N) is 5. The summed E-state index contributed by atoms with van der Waals surface area (Å²) in [5.41, 5.74) is 3.67. The number of carbonyl (C=O) groups is 1. The third kappa shape index (κ3) is 3.84. The Bertz CT molecular complexity index is 1330. The minimum absolute atomic E-state index is 0.0802. The molecule has 0 radical (unpaired) electrons. The molecule has 3 aromatic heterocycles. The number of ether oxygens (including phenoxy) is 1. The predicted octanol–water partition coefficient (Wildman–Crippen LogP) is 2.19. The lowest BCUT2D eigenvalue weighted by Gasteiger charge is -2.11. The average Bonchev–Trinajstić information content (AvgIpc) is 3.32. The highest BCUT2D eigenvalue weighted by molar-refractivity contribution is 5.91. The molecule has 1 aromatic carbocycles. The minimum atomic E-state index is -0.351. The Morgan fingerprint density at radius 3 is 2.81 bits per heavy atom. The van der Waals surface area contributed by atoms with Crippen LogP contribution in [0.5, 0.6) is 0 Å². The average molecular weight is 421 g/mol. The second-order valence-electron chi connectivity index (χ2n) is 7.17. The molecule has 4 aromatic rings. The zero-order chi connectivity index (χ0) is 22.1. The molecule has 1 amide bonds. The number of aryl methyl sites for hydroxylation is 2. The number of hydrogen-bond acceptors (Lipinski definition) is 6. The Hall–Kier alpha value is -3.79. The van der Waals surface area contributed by atoms with Crippen molar-refractivity contribution in [1.82, 2.24) is 29.5 Å². The third-order valence-corrected chi connectivity index (χ3v) is 4.97. The molecule has 4 rings (SSSR count). The smallest absolute Gasteiger partial charge is 0.263 e. The molecule has 10 nitrogen and oxygen atoms in total. The Balaban J connectivity index is 1.83. The van der Waals surface area contributed by atoms with Gasteiger partial charge in [-0.15, -0.1) is 0 Å². The van der Waals surface area contributed by atoms with Gasteiger partial charge in [0.05, 0.1) is 17.6 Å². The molecule has 0 atom stereocenters. The third-order valence-electron chi connectivity index (χ3n) is 4.97. The predicted molar refractivity (Wildman–Crippen MR) is 116 cm³/mol. The molecule has 3 heterocycles. The molecule has 0 unspecified atom stereocenters. The van der Waals surface area contributed by atoms with Crippen LogP contribution in [0, 0.1) is 20.8 Å². The van der Waals surface area contributed by atoms with Crippen LogP contribution >= 0.6 is 0 Å². The molecule has 0 fully saturated rings. The highest BCUT2D eigenvalue weighted by atomic mass is 16.5. The lowest BCUT2D eigenvalue weighted by atomic mass is 10.1. The van der Waals surface area contributed by atoms with Gasteiger partial charge in [0.25, 0.3) is 11.5 Å². The fraction of sp³-hybridized carbons (Fsp3) is 0.286. The van der Waals surface area contributed by atoms with Gasteiger partial charge in [-0.25, -0.2) is 4.68 Å². The molecule has 0 aliphatic carbocycles. The number of benzene rings is 1. The summed E-state index contributed by atoms with van der Waals surface area (Å²) in [6.45, 7) is 7.95. The summed E-state index contributed by atoms with van der Waals surface area (Å²) in [4.78, 5) is 32.2. The van der Waals surface area contributed by atoms with E-state index in [1.165, 1.54) is 10.9 Å². The highest BCUT2D eigenvalue weighted by Gasteiger charge is 2.17. The summed E-state index contributed by atoms with van der Waals surface area (Å²) in [7, 11) is 0. The number of H-pyrrole nitrogens is 1. The van der Waals surface area contributed by atoms with Gasteiger partial charge >= 0.3 is 0 Å². The first-order chi connectivity index (χ1) is 14.9. The number of amides is 1. The van der Waals surface area contributed by atoms with Crippen molar-refractivity contribution in [2.24, 2.45) is 0 Å². The van der Waals surface area contributed by atoms with Crippen LogP contribution < -0.4 is 10.9 Å². The second-order valence-corrected chi connectivity index (χ2v) is 7.17. The van der Waals surface area contributed by atoms with Crippen LogP contribution in [0.2, 0.25) is 0 Å². The van der Waals surface area contributed by atoms with Crippen molar-refractivity contribution in [3.63, 3.8) is 0 Å². The van der Waals surface area contributed by atoms with Crippen LogP contribution in [0.15, 0.2) is 35.3 Å².